The van der Waals surface area contributed by atoms with Crippen LogP contribution in [0.25, 0.3) is 16.9 Å². The van der Waals surface area contributed by atoms with Crippen molar-refractivity contribution >= 4 is 16.4 Å². The topological polar surface area (TPSA) is 103 Å². The largest absolute Gasteiger partial charge is 0.497 e. The Bertz CT molecular complexity index is 1190. The fourth-order valence-electron chi connectivity index (χ4n) is 2.95. The lowest BCUT2D eigenvalue weighted by molar-refractivity contribution is 0.0796. The van der Waals surface area contributed by atoms with Crippen molar-refractivity contribution in [3.05, 3.63) is 60.3 Å². The van der Waals surface area contributed by atoms with Gasteiger partial charge in [0.25, 0.3) is 5.91 Å². The number of benzene rings is 2. The molecule has 0 aliphatic carbocycles. The van der Waals surface area contributed by atoms with Gasteiger partial charge in [-0.2, -0.15) is 17.9 Å². The van der Waals surface area contributed by atoms with E-state index in [0.717, 1.165) is 22.7 Å². The van der Waals surface area contributed by atoms with E-state index in [4.69, 9.17) is 9.47 Å². The van der Waals surface area contributed by atoms with Crippen LogP contribution < -0.4 is 9.47 Å². The van der Waals surface area contributed by atoms with E-state index < -0.39 is 10.5 Å². The minimum Gasteiger partial charge on any atom is -0.497 e. The van der Waals surface area contributed by atoms with Crippen LogP contribution in [0.4, 0.5) is 0 Å². The third-order valence-electron chi connectivity index (χ3n) is 4.77. The predicted octanol–water partition coefficient (Wildman–Crippen LogP) is 3.72. The number of hydrogen-bond donors (Lipinski definition) is 0. The molecule has 0 fully saturated rings. The average molecular weight is 473 g/mol. The Labute approximate surface area is 195 Å². The van der Waals surface area contributed by atoms with E-state index in [9.17, 15) is 13.2 Å². The Morgan fingerprint density at radius 2 is 1.73 bits per heavy atom. The first-order chi connectivity index (χ1) is 15.4. The van der Waals surface area contributed by atoms with Crippen LogP contribution >= 0.6 is 0 Å². The molecule has 3 rings (SSSR count). The van der Waals surface area contributed by atoms with Crippen molar-refractivity contribution in [1.29, 1.82) is 0 Å². The second-order valence-electron chi connectivity index (χ2n) is 6.79. The van der Waals surface area contributed by atoms with E-state index >= 15 is 0 Å². The molecule has 10 heteroatoms. The molecular formula is C23H28N4O5S. The lowest BCUT2D eigenvalue weighted by Crippen LogP contribution is -2.26. The molecule has 0 unspecified atom stereocenters. The zero-order valence-electron chi connectivity index (χ0n) is 18.1. The van der Waals surface area contributed by atoms with Crippen LogP contribution in [0, 0.1) is 0 Å². The molecule has 1 heterocycles. The first-order valence-corrected chi connectivity index (χ1v) is 11.0. The molecule has 176 valence electrons. The van der Waals surface area contributed by atoms with Crippen molar-refractivity contribution in [1.82, 2.24) is 14.7 Å². The van der Waals surface area contributed by atoms with Gasteiger partial charge in [-0.3, -0.25) is 4.79 Å². The standard InChI is InChI=1S/C22H24N4O5S.CH4/c1-4-25(2)22(27)20-15-21(26(24-20)17-7-11-18(30-3)12-8-17)16-5-9-19(10-6-16)31-14-13-23-32(28)29;/h5-12,15H,4,13-14H2,1-3H3;1H4. The minimum atomic E-state index is -2.43. The van der Waals surface area contributed by atoms with Crippen LogP contribution in [0.3, 0.4) is 0 Å². The average Bonchev–Trinajstić information content (AvgIpc) is 3.26. The molecule has 1 aromatic heterocycles. The summed E-state index contributed by atoms with van der Waals surface area (Å²) in [6, 6.07) is 16.4. The van der Waals surface area contributed by atoms with E-state index in [1.54, 1.807) is 41.9 Å². The molecule has 0 spiro atoms. The normalized spacial score (nSPS) is 10.2. The SMILES string of the molecule is C.CCN(C)C(=O)c1cc(-c2ccc(OCCN=S(=O)=O)cc2)n(-c2ccc(OC)cc2)n1. The molecular weight excluding hydrogens is 444 g/mol. The predicted molar refractivity (Wildman–Crippen MR) is 127 cm³/mol. The van der Waals surface area contributed by atoms with E-state index in [0.29, 0.717) is 18.0 Å². The second kappa shape index (κ2) is 11.8. The number of aromatic nitrogens is 2. The van der Waals surface area contributed by atoms with Crippen molar-refractivity contribution in [2.75, 3.05) is 33.9 Å². The van der Waals surface area contributed by atoms with E-state index in [2.05, 4.69) is 9.46 Å². The Balaban J connectivity index is 0.00000385. The van der Waals surface area contributed by atoms with Crippen LogP contribution in [0.2, 0.25) is 0 Å². The maximum atomic E-state index is 12.7. The van der Waals surface area contributed by atoms with Gasteiger partial charge in [0.2, 0.25) is 0 Å². The molecule has 0 aliphatic heterocycles. The monoisotopic (exact) mass is 472 g/mol. The summed E-state index contributed by atoms with van der Waals surface area (Å²) >= 11 is 0. The molecule has 1 amide bonds. The third kappa shape index (κ3) is 6.42. The van der Waals surface area contributed by atoms with Crippen LogP contribution in [0.1, 0.15) is 24.8 Å². The van der Waals surface area contributed by atoms with Gasteiger partial charge in [0.05, 0.1) is 25.0 Å². The van der Waals surface area contributed by atoms with Gasteiger partial charge >= 0.3 is 10.5 Å². The summed E-state index contributed by atoms with van der Waals surface area (Å²) in [7, 11) is 0.897. The zero-order chi connectivity index (χ0) is 23.1. The van der Waals surface area contributed by atoms with Crippen molar-refractivity contribution in [3.63, 3.8) is 0 Å². The fourth-order valence-corrected chi connectivity index (χ4v) is 3.17. The lowest BCUT2D eigenvalue weighted by Gasteiger charge is -2.12. The number of hydrogen-bond acceptors (Lipinski definition) is 7. The van der Waals surface area contributed by atoms with Crippen molar-refractivity contribution in [2.45, 2.75) is 14.4 Å². The highest BCUT2D eigenvalue weighted by atomic mass is 32.2. The van der Waals surface area contributed by atoms with Gasteiger partial charge in [-0.05, 0) is 61.5 Å². The lowest BCUT2D eigenvalue weighted by atomic mass is 10.1. The Hall–Kier alpha value is -3.66. The van der Waals surface area contributed by atoms with Gasteiger partial charge in [0, 0.05) is 19.2 Å². The summed E-state index contributed by atoms with van der Waals surface area (Å²) in [4.78, 5) is 14.3. The first kappa shape index (κ1) is 25.6. The number of nitrogens with zero attached hydrogens (tertiary/aromatic N) is 4. The number of carbonyl (C=O) groups excluding carboxylic acids is 1. The van der Waals surface area contributed by atoms with Crippen LogP contribution in [0.15, 0.2) is 59.0 Å². The second-order valence-corrected chi connectivity index (χ2v) is 7.48. The molecule has 0 atom stereocenters. The summed E-state index contributed by atoms with van der Waals surface area (Å²) in [5, 5.41) is 4.56. The van der Waals surface area contributed by atoms with E-state index in [-0.39, 0.29) is 26.5 Å². The molecule has 33 heavy (non-hydrogen) atoms. The quantitative estimate of drug-likeness (QED) is 0.440. The Morgan fingerprint density at radius 3 is 2.30 bits per heavy atom. The van der Waals surface area contributed by atoms with Crippen LogP contribution in [0.5, 0.6) is 11.5 Å². The minimum absolute atomic E-state index is 0. The van der Waals surface area contributed by atoms with Crippen molar-refractivity contribution < 1.29 is 22.7 Å². The van der Waals surface area contributed by atoms with Gasteiger partial charge in [-0.1, -0.05) is 7.43 Å². The number of rotatable bonds is 9. The van der Waals surface area contributed by atoms with E-state index in [1.807, 2.05) is 43.3 Å². The van der Waals surface area contributed by atoms with Gasteiger partial charge < -0.3 is 14.4 Å². The molecule has 3 aromatic rings. The maximum Gasteiger partial charge on any atom is 0.311 e. The van der Waals surface area contributed by atoms with E-state index in [1.165, 1.54) is 0 Å². The summed E-state index contributed by atoms with van der Waals surface area (Å²) in [6.45, 7) is 2.68. The van der Waals surface area contributed by atoms with Gasteiger partial charge in [-0.15, -0.1) is 0 Å². The van der Waals surface area contributed by atoms with Gasteiger partial charge in [0.1, 0.15) is 18.1 Å². The number of amides is 1. The number of carbonyl (C=O) groups is 1. The van der Waals surface area contributed by atoms with Gasteiger partial charge in [-0.25, -0.2) is 4.68 Å². The van der Waals surface area contributed by atoms with Crippen molar-refractivity contribution in [3.8, 4) is 28.4 Å². The molecule has 0 saturated heterocycles. The number of ether oxygens (including phenoxy) is 2. The Morgan fingerprint density at radius 1 is 1.09 bits per heavy atom. The molecule has 0 aliphatic rings. The first-order valence-electron chi connectivity index (χ1n) is 9.93. The molecule has 9 nitrogen and oxygen atoms in total. The van der Waals surface area contributed by atoms with Crippen LogP contribution in [-0.2, 0) is 10.5 Å². The van der Waals surface area contributed by atoms with Gasteiger partial charge in [0.15, 0.2) is 5.69 Å². The summed E-state index contributed by atoms with van der Waals surface area (Å²) in [5.41, 5.74) is 2.70. The smallest absolute Gasteiger partial charge is 0.311 e. The Kier molecular flexibility index (Phi) is 9.17. The summed E-state index contributed by atoms with van der Waals surface area (Å²) in [5.74, 6) is 1.14. The fraction of sp³-hybridized carbons (Fsp3) is 0.304. The summed E-state index contributed by atoms with van der Waals surface area (Å²) < 4.78 is 36.7. The highest BCUT2D eigenvalue weighted by Crippen LogP contribution is 2.27. The highest BCUT2D eigenvalue weighted by molar-refractivity contribution is 7.61. The third-order valence-corrected chi connectivity index (χ3v) is 5.17. The maximum absolute atomic E-state index is 12.7. The zero-order valence-corrected chi connectivity index (χ0v) is 18.9. The molecule has 0 N–H and O–H groups in total. The molecule has 0 radical (unpaired) electrons. The molecule has 2 aromatic carbocycles. The summed E-state index contributed by atoms with van der Waals surface area (Å²) in [6.07, 6.45) is 0. The molecule has 0 bridgehead atoms. The van der Waals surface area contributed by atoms with Crippen molar-refractivity contribution in [2.24, 2.45) is 4.36 Å². The molecule has 0 saturated carbocycles. The highest BCUT2D eigenvalue weighted by Gasteiger charge is 2.19. The van der Waals surface area contributed by atoms with Crippen LogP contribution in [-0.4, -0.2) is 62.9 Å². The number of methoxy groups -OCH3 is 1.